The zero-order valence-corrected chi connectivity index (χ0v) is 11.3. The molecule has 0 radical (unpaired) electrons. The van der Waals surface area contributed by atoms with Crippen molar-refractivity contribution in [2.24, 2.45) is 0 Å². The maximum Gasteiger partial charge on any atom is 0.389 e. The van der Waals surface area contributed by atoms with E-state index in [1.165, 1.54) is 5.56 Å². The maximum atomic E-state index is 12.2. The summed E-state index contributed by atoms with van der Waals surface area (Å²) in [5, 5.41) is 3.34. The third-order valence-corrected chi connectivity index (χ3v) is 3.02. The smallest absolute Gasteiger partial charge is 0.314 e. The first kappa shape index (κ1) is 16.0. The predicted octanol–water partition coefficient (Wildman–Crippen LogP) is 4.33. The van der Waals surface area contributed by atoms with Gasteiger partial charge in [-0.05, 0) is 37.8 Å². The fourth-order valence-electron chi connectivity index (χ4n) is 2.07. The summed E-state index contributed by atoms with van der Waals surface area (Å²) in [5.41, 5.74) is 1.17. The molecule has 1 aromatic rings. The zero-order chi connectivity index (χ0) is 14.1. The Morgan fingerprint density at radius 3 is 2.42 bits per heavy atom. The average Bonchev–Trinajstić information content (AvgIpc) is 2.35. The summed E-state index contributed by atoms with van der Waals surface area (Å²) in [6, 6.07) is 10.0. The molecule has 19 heavy (non-hydrogen) atoms. The lowest BCUT2D eigenvalue weighted by Crippen LogP contribution is -2.32. The molecule has 0 spiro atoms. The van der Waals surface area contributed by atoms with Gasteiger partial charge in [-0.1, -0.05) is 37.3 Å². The van der Waals surface area contributed by atoms with Crippen LogP contribution < -0.4 is 5.32 Å². The van der Waals surface area contributed by atoms with Gasteiger partial charge in [-0.15, -0.1) is 0 Å². The largest absolute Gasteiger partial charge is 0.389 e. The zero-order valence-electron chi connectivity index (χ0n) is 11.3. The SMILES string of the molecule is CCCNC(CCCC(F)(F)F)Cc1ccccc1. The van der Waals surface area contributed by atoms with Gasteiger partial charge in [0.1, 0.15) is 0 Å². The van der Waals surface area contributed by atoms with E-state index in [9.17, 15) is 13.2 Å². The number of alkyl halides is 3. The van der Waals surface area contributed by atoms with E-state index in [-0.39, 0.29) is 12.5 Å². The molecule has 0 aliphatic rings. The fraction of sp³-hybridized carbons (Fsp3) is 0.600. The number of nitrogens with one attached hydrogen (secondary N) is 1. The molecule has 0 heterocycles. The first-order valence-electron chi connectivity index (χ1n) is 6.85. The molecule has 0 fully saturated rings. The molecule has 1 unspecified atom stereocenters. The van der Waals surface area contributed by atoms with Crippen LogP contribution in [0.25, 0.3) is 0 Å². The lowest BCUT2D eigenvalue weighted by molar-refractivity contribution is -0.135. The molecule has 0 saturated carbocycles. The topological polar surface area (TPSA) is 12.0 Å². The first-order valence-corrected chi connectivity index (χ1v) is 6.85. The Hall–Kier alpha value is -1.03. The molecule has 0 aromatic heterocycles. The van der Waals surface area contributed by atoms with E-state index < -0.39 is 12.6 Å². The van der Waals surface area contributed by atoms with Crippen LogP contribution in [0.5, 0.6) is 0 Å². The summed E-state index contributed by atoms with van der Waals surface area (Å²) in [7, 11) is 0. The standard InChI is InChI=1S/C15H22F3N/c1-2-11-19-14(9-6-10-15(16,17)18)12-13-7-4-3-5-8-13/h3-5,7-8,14,19H,2,6,9-12H2,1H3. The quantitative estimate of drug-likeness (QED) is 0.743. The van der Waals surface area contributed by atoms with Gasteiger partial charge in [-0.2, -0.15) is 13.2 Å². The van der Waals surface area contributed by atoms with Crippen LogP contribution >= 0.6 is 0 Å². The van der Waals surface area contributed by atoms with E-state index >= 15 is 0 Å². The van der Waals surface area contributed by atoms with Crippen LogP contribution in [0.4, 0.5) is 13.2 Å². The second-order valence-corrected chi connectivity index (χ2v) is 4.85. The first-order chi connectivity index (χ1) is 9.01. The highest BCUT2D eigenvalue weighted by Gasteiger charge is 2.26. The normalized spacial score (nSPS) is 13.5. The van der Waals surface area contributed by atoms with Crippen molar-refractivity contribution in [3.63, 3.8) is 0 Å². The van der Waals surface area contributed by atoms with Gasteiger partial charge >= 0.3 is 6.18 Å². The van der Waals surface area contributed by atoms with Gasteiger partial charge in [-0.25, -0.2) is 0 Å². The second-order valence-electron chi connectivity index (χ2n) is 4.85. The van der Waals surface area contributed by atoms with E-state index in [2.05, 4.69) is 12.2 Å². The molecule has 1 N–H and O–H groups in total. The lowest BCUT2D eigenvalue weighted by Gasteiger charge is -2.19. The van der Waals surface area contributed by atoms with Crippen molar-refractivity contribution >= 4 is 0 Å². The Morgan fingerprint density at radius 2 is 1.84 bits per heavy atom. The van der Waals surface area contributed by atoms with E-state index in [0.717, 1.165) is 19.4 Å². The summed E-state index contributed by atoms with van der Waals surface area (Å²) in [6.45, 7) is 2.91. The monoisotopic (exact) mass is 273 g/mol. The molecule has 0 aliphatic carbocycles. The lowest BCUT2D eigenvalue weighted by atomic mass is 10.0. The van der Waals surface area contributed by atoms with Gasteiger partial charge < -0.3 is 5.32 Å². The highest BCUT2D eigenvalue weighted by atomic mass is 19.4. The van der Waals surface area contributed by atoms with Gasteiger partial charge in [0.2, 0.25) is 0 Å². The van der Waals surface area contributed by atoms with Gasteiger partial charge in [0.15, 0.2) is 0 Å². The minimum absolute atomic E-state index is 0.129. The van der Waals surface area contributed by atoms with Gasteiger partial charge in [0.25, 0.3) is 0 Å². The molecular formula is C15H22F3N. The number of halogens is 3. The molecule has 1 aromatic carbocycles. The van der Waals surface area contributed by atoms with Crippen LogP contribution in [0, 0.1) is 0 Å². The van der Waals surface area contributed by atoms with E-state index in [1.54, 1.807) is 0 Å². The van der Waals surface area contributed by atoms with Crippen LogP contribution in [-0.4, -0.2) is 18.8 Å². The highest BCUT2D eigenvalue weighted by Crippen LogP contribution is 2.23. The fourth-order valence-corrected chi connectivity index (χ4v) is 2.07. The molecule has 0 aliphatic heterocycles. The minimum atomic E-state index is -4.04. The molecular weight excluding hydrogens is 251 g/mol. The molecule has 0 bridgehead atoms. The number of benzene rings is 1. The van der Waals surface area contributed by atoms with Gasteiger partial charge in [0, 0.05) is 12.5 Å². The number of rotatable bonds is 8. The van der Waals surface area contributed by atoms with Crippen LogP contribution in [0.3, 0.4) is 0 Å². The molecule has 0 saturated heterocycles. The van der Waals surface area contributed by atoms with Crippen molar-refractivity contribution in [1.82, 2.24) is 5.32 Å². The van der Waals surface area contributed by atoms with Crippen LogP contribution in [0.1, 0.15) is 38.2 Å². The molecule has 108 valence electrons. The Labute approximate surface area is 113 Å². The Balaban J connectivity index is 2.42. The van der Waals surface area contributed by atoms with Gasteiger partial charge in [0.05, 0.1) is 0 Å². The van der Waals surface area contributed by atoms with Crippen molar-refractivity contribution in [3.05, 3.63) is 35.9 Å². The average molecular weight is 273 g/mol. The second kappa shape index (κ2) is 8.20. The molecule has 4 heteroatoms. The van der Waals surface area contributed by atoms with Crippen molar-refractivity contribution in [1.29, 1.82) is 0 Å². The van der Waals surface area contributed by atoms with Crippen molar-refractivity contribution in [3.8, 4) is 0 Å². The van der Waals surface area contributed by atoms with Crippen molar-refractivity contribution in [2.75, 3.05) is 6.54 Å². The van der Waals surface area contributed by atoms with Crippen LogP contribution in [0.2, 0.25) is 0 Å². The molecule has 1 atom stereocenters. The molecule has 1 rings (SSSR count). The van der Waals surface area contributed by atoms with Crippen LogP contribution in [-0.2, 0) is 6.42 Å². The number of hydrogen-bond acceptors (Lipinski definition) is 1. The Morgan fingerprint density at radius 1 is 1.16 bits per heavy atom. The van der Waals surface area contributed by atoms with Gasteiger partial charge in [-0.3, -0.25) is 0 Å². The van der Waals surface area contributed by atoms with Crippen molar-refractivity contribution < 1.29 is 13.2 Å². The highest BCUT2D eigenvalue weighted by molar-refractivity contribution is 5.15. The van der Waals surface area contributed by atoms with E-state index in [1.807, 2.05) is 30.3 Å². The number of hydrogen-bond donors (Lipinski definition) is 1. The van der Waals surface area contributed by atoms with Crippen LogP contribution in [0.15, 0.2) is 30.3 Å². The molecule has 0 amide bonds. The van der Waals surface area contributed by atoms with E-state index in [4.69, 9.17) is 0 Å². The molecule has 1 nitrogen and oxygen atoms in total. The Kier molecular flexibility index (Phi) is 6.92. The minimum Gasteiger partial charge on any atom is -0.314 e. The summed E-state index contributed by atoms with van der Waals surface area (Å²) in [4.78, 5) is 0. The van der Waals surface area contributed by atoms with E-state index in [0.29, 0.717) is 6.42 Å². The predicted molar refractivity (Wildman–Crippen MR) is 72.1 cm³/mol. The summed E-state index contributed by atoms with van der Waals surface area (Å²) in [6.07, 6.45) is -2.19. The summed E-state index contributed by atoms with van der Waals surface area (Å²) < 4.78 is 36.5. The summed E-state index contributed by atoms with van der Waals surface area (Å²) >= 11 is 0. The third kappa shape index (κ3) is 7.88. The van der Waals surface area contributed by atoms with Crippen molar-refractivity contribution in [2.45, 2.75) is 51.2 Å². The summed E-state index contributed by atoms with van der Waals surface area (Å²) in [5.74, 6) is 0. The maximum absolute atomic E-state index is 12.2. The Bertz CT molecular complexity index is 335. The third-order valence-electron chi connectivity index (χ3n) is 3.02.